The molecule has 1 heterocycles. The number of hydrogen-bond donors (Lipinski definition) is 2. The summed E-state index contributed by atoms with van der Waals surface area (Å²) in [5.74, 6) is 0.282. The van der Waals surface area contributed by atoms with E-state index in [9.17, 15) is 4.79 Å². The molecule has 1 aromatic carbocycles. The number of nitrogens with zero attached hydrogens (tertiary/aromatic N) is 1. The van der Waals surface area contributed by atoms with Gasteiger partial charge in [0.2, 0.25) is 11.8 Å². The number of ether oxygens (including phenoxy) is 2. The molecule has 7 heteroatoms. The first-order chi connectivity index (χ1) is 11.8. The van der Waals surface area contributed by atoms with Crippen molar-refractivity contribution in [2.24, 2.45) is 11.1 Å². The molecule has 1 amide bonds. The minimum atomic E-state index is -0.965. The van der Waals surface area contributed by atoms with Gasteiger partial charge in [0, 0.05) is 31.2 Å². The van der Waals surface area contributed by atoms with Crippen LogP contribution in [0.2, 0.25) is 0 Å². The second-order valence-corrected chi connectivity index (χ2v) is 7.02. The topological polar surface area (TPSA) is 99.6 Å². The third kappa shape index (κ3) is 2.92. The first kappa shape index (κ1) is 17.8. The van der Waals surface area contributed by atoms with E-state index in [4.69, 9.17) is 19.6 Å². The van der Waals surface area contributed by atoms with Crippen molar-refractivity contribution in [1.29, 1.82) is 0 Å². The van der Waals surface area contributed by atoms with Gasteiger partial charge >= 0.3 is 0 Å². The number of anilines is 1. The molecule has 0 spiro atoms. The summed E-state index contributed by atoms with van der Waals surface area (Å²) in [7, 11) is 1.58. The lowest BCUT2D eigenvalue weighted by molar-refractivity contribution is -0.166. The van der Waals surface area contributed by atoms with E-state index >= 15 is 0 Å². The molecule has 7 nitrogen and oxygen atoms in total. The summed E-state index contributed by atoms with van der Waals surface area (Å²) < 4.78 is 16.2. The number of hydrogen-bond acceptors (Lipinski definition) is 6. The minimum absolute atomic E-state index is 0.0112. The molecule has 2 aromatic rings. The van der Waals surface area contributed by atoms with Crippen LogP contribution in [0.15, 0.2) is 22.6 Å². The lowest BCUT2D eigenvalue weighted by atomic mass is 9.54. The van der Waals surface area contributed by atoms with Crippen LogP contribution in [-0.2, 0) is 20.9 Å². The van der Waals surface area contributed by atoms with E-state index < -0.39 is 11.0 Å². The molecule has 1 saturated carbocycles. The van der Waals surface area contributed by atoms with Crippen LogP contribution >= 0.6 is 0 Å². The molecule has 3 N–H and O–H groups in total. The lowest BCUT2D eigenvalue weighted by Crippen LogP contribution is -2.74. The maximum Gasteiger partial charge on any atom is 0.245 e. The summed E-state index contributed by atoms with van der Waals surface area (Å²) in [4.78, 5) is 17.1. The highest BCUT2D eigenvalue weighted by Gasteiger charge is 2.62. The van der Waals surface area contributed by atoms with E-state index in [2.05, 4.69) is 10.3 Å². The Kier molecular flexibility index (Phi) is 4.57. The van der Waals surface area contributed by atoms with Crippen molar-refractivity contribution in [3.05, 3.63) is 24.1 Å². The van der Waals surface area contributed by atoms with E-state index in [1.54, 1.807) is 25.3 Å². The van der Waals surface area contributed by atoms with Crippen molar-refractivity contribution < 1.29 is 18.7 Å². The highest BCUT2D eigenvalue weighted by molar-refractivity contribution is 6.00. The number of benzene rings is 1. The second kappa shape index (κ2) is 6.40. The molecule has 1 fully saturated rings. The molecule has 1 aliphatic carbocycles. The zero-order valence-electron chi connectivity index (χ0n) is 15.1. The van der Waals surface area contributed by atoms with E-state index in [1.165, 1.54) is 0 Å². The second-order valence-electron chi connectivity index (χ2n) is 7.02. The van der Waals surface area contributed by atoms with E-state index in [0.29, 0.717) is 42.3 Å². The summed E-state index contributed by atoms with van der Waals surface area (Å²) >= 11 is 0. The van der Waals surface area contributed by atoms with Crippen molar-refractivity contribution in [1.82, 2.24) is 4.98 Å². The number of fused-ring (bicyclic) bond motifs is 1. The lowest BCUT2D eigenvalue weighted by Gasteiger charge is -2.57. The number of rotatable bonds is 6. The number of amides is 1. The summed E-state index contributed by atoms with van der Waals surface area (Å²) in [5.41, 5.74) is 6.95. The Balaban J connectivity index is 1.76. The SMILES string of the molecule is CCOC1CC(N)(C(=O)Nc2ccc3oc(COC)nc3c2)C1(C)C. The molecule has 1 aromatic heterocycles. The molecule has 3 rings (SSSR count). The van der Waals surface area contributed by atoms with Gasteiger partial charge in [-0.3, -0.25) is 4.79 Å². The van der Waals surface area contributed by atoms with Crippen LogP contribution < -0.4 is 11.1 Å². The van der Waals surface area contributed by atoms with Crippen LogP contribution in [-0.4, -0.2) is 36.3 Å². The monoisotopic (exact) mass is 347 g/mol. The summed E-state index contributed by atoms with van der Waals surface area (Å²) in [6.07, 6.45) is 0.493. The fourth-order valence-electron chi connectivity index (χ4n) is 3.30. The quantitative estimate of drug-likeness (QED) is 0.832. The van der Waals surface area contributed by atoms with E-state index in [0.717, 1.165) is 0 Å². The zero-order valence-corrected chi connectivity index (χ0v) is 15.1. The Morgan fingerprint density at radius 1 is 1.48 bits per heavy atom. The van der Waals surface area contributed by atoms with Gasteiger partial charge in [-0.15, -0.1) is 0 Å². The molecular weight excluding hydrogens is 322 g/mol. The van der Waals surface area contributed by atoms with E-state index in [1.807, 2.05) is 20.8 Å². The maximum atomic E-state index is 12.8. The summed E-state index contributed by atoms with van der Waals surface area (Å²) in [5, 5.41) is 2.90. The minimum Gasteiger partial charge on any atom is -0.438 e. The van der Waals surface area contributed by atoms with Crippen molar-refractivity contribution in [3.8, 4) is 0 Å². The number of aromatic nitrogens is 1. The van der Waals surface area contributed by atoms with Gasteiger partial charge in [0.05, 0.1) is 6.10 Å². The highest BCUT2D eigenvalue weighted by atomic mass is 16.5. The molecule has 2 unspecified atom stereocenters. The number of nitrogens with one attached hydrogen (secondary N) is 1. The van der Waals surface area contributed by atoms with Gasteiger partial charge in [0.15, 0.2) is 5.58 Å². The van der Waals surface area contributed by atoms with Crippen LogP contribution in [0.1, 0.15) is 33.1 Å². The van der Waals surface area contributed by atoms with Gasteiger partial charge in [-0.2, -0.15) is 0 Å². The van der Waals surface area contributed by atoms with Gasteiger partial charge in [-0.25, -0.2) is 4.98 Å². The molecule has 2 atom stereocenters. The predicted octanol–water partition coefficient (Wildman–Crippen LogP) is 2.45. The Morgan fingerprint density at radius 3 is 2.88 bits per heavy atom. The third-order valence-corrected chi connectivity index (χ3v) is 5.19. The van der Waals surface area contributed by atoms with Crippen molar-refractivity contribution in [2.45, 2.75) is 45.4 Å². The molecular formula is C18H25N3O4. The molecule has 0 radical (unpaired) electrons. The zero-order chi connectivity index (χ0) is 18.2. The maximum absolute atomic E-state index is 12.8. The Bertz CT molecular complexity index is 786. The Hall–Kier alpha value is -1.96. The van der Waals surface area contributed by atoms with Gasteiger partial charge in [0.1, 0.15) is 17.7 Å². The fourth-order valence-corrected chi connectivity index (χ4v) is 3.30. The Labute approximate surface area is 146 Å². The van der Waals surface area contributed by atoms with Crippen LogP contribution in [0.4, 0.5) is 5.69 Å². The fraction of sp³-hybridized carbons (Fsp3) is 0.556. The van der Waals surface area contributed by atoms with Crippen LogP contribution in [0, 0.1) is 5.41 Å². The van der Waals surface area contributed by atoms with Gasteiger partial charge in [0.25, 0.3) is 0 Å². The largest absolute Gasteiger partial charge is 0.438 e. The predicted molar refractivity (Wildman–Crippen MR) is 94.1 cm³/mol. The van der Waals surface area contributed by atoms with Gasteiger partial charge in [-0.1, -0.05) is 13.8 Å². The molecule has 0 bridgehead atoms. The molecule has 0 aliphatic heterocycles. The number of nitrogens with two attached hydrogens (primary N) is 1. The highest BCUT2D eigenvalue weighted by Crippen LogP contribution is 2.50. The van der Waals surface area contributed by atoms with Gasteiger partial charge in [-0.05, 0) is 25.1 Å². The van der Waals surface area contributed by atoms with Crippen molar-refractivity contribution >= 4 is 22.7 Å². The number of oxazole rings is 1. The average molecular weight is 347 g/mol. The van der Waals surface area contributed by atoms with Crippen molar-refractivity contribution in [3.63, 3.8) is 0 Å². The summed E-state index contributed by atoms with van der Waals surface area (Å²) in [6, 6.07) is 5.32. The van der Waals surface area contributed by atoms with Crippen molar-refractivity contribution in [2.75, 3.05) is 19.0 Å². The molecule has 1 aliphatic rings. The normalized spacial score (nSPS) is 24.9. The first-order valence-electron chi connectivity index (χ1n) is 8.42. The smallest absolute Gasteiger partial charge is 0.245 e. The van der Waals surface area contributed by atoms with Crippen LogP contribution in [0.25, 0.3) is 11.1 Å². The third-order valence-electron chi connectivity index (χ3n) is 5.19. The first-order valence-corrected chi connectivity index (χ1v) is 8.42. The summed E-state index contributed by atoms with van der Waals surface area (Å²) in [6.45, 7) is 6.79. The molecule has 0 saturated heterocycles. The molecule has 25 heavy (non-hydrogen) atoms. The number of carbonyl (C=O) groups is 1. The standard InChI is InChI=1S/C18H25N3O4/c1-5-24-14-9-18(19,17(14,2)3)16(22)20-11-6-7-13-12(8-11)21-15(25-13)10-23-4/h6-8,14H,5,9-10,19H2,1-4H3,(H,20,22). The number of methoxy groups -OCH3 is 1. The average Bonchev–Trinajstić information content (AvgIpc) is 2.96. The van der Waals surface area contributed by atoms with Crippen LogP contribution in [0.3, 0.4) is 0 Å². The van der Waals surface area contributed by atoms with Gasteiger partial charge < -0.3 is 24.9 Å². The number of carbonyl (C=O) groups excluding carboxylic acids is 1. The molecule has 136 valence electrons. The Morgan fingerprint density at radius 2 is 2.24 bits per heavy atom. The van der Waals surface area contributed by atoms with Crippen LogP contribution in [0.5, 0.6) is 0 Å². The van der Waals surface area contributed by atoms with E-state index in [-0.39, 0.29) is 12.0 Å².